The first-order valence-electron chi connectivity index (χ1n) is 5.77. The van der Waals surface area contributed by atoms with Gasteiger partial charge >= 0.3 is 0 Å². The first kappa shape index (κ1) is 12.0. The molecule has 0 spiro atoms. The van der Waals surface area contributed by atoms with Gasteiger partial charge in [-0.3, -0.25) is 0 Å². The second kappa shape index (κ2) is 5.13. The molecule has 1 saturated heterocycles. The third kappa shape index (κ3) is 3.25. The molecule has 0 aromatic heterocycles. The lowest BCUT2D eigenvalue weighted by Crippen LogP contribution is -2.41. The highest BCUT2D eigenvalue weighted by Crippen LogP contribution is 2.24. The molecule has 1 aliphatic rings. The van der Waals surface area contributed by atoms with Gasteiger partial charge in [0.05, 0.1) is 24.9 Å². The lowest BCUT2D eigenvalue weighted by molar-refractivity contribution is -0.173. The molecular weight excluding hydrogens is 176 g/mol. The normalized spacial score (nSPS) is 36.0. The first-order chi connectivity index (χ1) is 6.50. The van der Waals surface area contributed by atoms with Crippen LogP contribution in [0.4, 0.5) is 0 Å². The molecule has 1 aliphatic heterocycles. The Labute approximate surface area is 88.0 Å². The smallest absolute Gasteiger partial charge is 0.0838 e. The summed E-state index contributed by atoms with van der Waals surface area (Å²) in [5, 5.41) is 0. The highest BCUT2D eigenvalue weighted by molar-refractivity contribution is 4.75. The zero-order valence-electron chi connectivity index (χ0n) is 10.1. The minimum Gasteiger partial charge on any atom is -0.373 e. The monoisotopic (exact) mass is 200 g/mol. The van der Waals surface area contributed by atoms with Gasteiger partial charge in [0.15, 0.2) is 0 Å². The summed E-state index contributed by atoms with van der Waals surface area (Å²) in [6.45, 7) is 11.8. The Hall–Kier alpha value is -0.0800. The summed E-state index contributed by atoms with van der Waals surface area (Å²) in [5.41, 5.74) is 0. The fraction of sp³-hybridized carbons (Fsp3) is 1.00. The molecule has 4 unspecified atom stereocenters. The maximum Gasteiger partial charge on any atom is 0.0838 e. The quantitative estimate of drug-likeness (QED) is 0.697. The number of ether oxygens (including phenoxy) is 2. The van der Waals surface area contributed by atoms with E-state index in [0.29, 0.717) is 12.0 Å². The molecule has 0 aliphatic carbocycles. The molecular formula is C12H24O2. The molecule has 1 heterocycles. The first-order valence-corrected chi connectivity index (χ1v) is 5.77. The molecule has 14 heavy (non-hydrogen) atoms. The number of rotatable bonds is 3. The summed E-state index contributed by atoms with van der Waals surface area (Å²) in [6.07, 6.45) is 1.92. The van der Waals surface area contributed by atoms with Crippen LogP contribution < -0.4 is 0 Å². The van der Waals surface area contributed by atoms with Gasteiger partial charge in [0.2, 0.25) is 0 Å². The third-order valence-corrected chi connectivity index (χ3v) is 3.26. The van der Waals surface area contributed by atoms with E-state index in [9.17, 15) is 0 Å². The van der Waals surface area contributed by atoms with Crippen LogP contribution in [0.15, 0.2) is 0 Å². The van der Waals surface area contributed by atoms with Crippen molar-refractivity contribution in [3.05, 3.63) is 0 Å². The lowest BCUT2D eigenvalue weighted by atomic mass is 9.90. The van der Waals surface area contributed by atoms with E-state index in [1.165, 1.54) is 0 Å². The average Bonchev–Trinajstić information content (AvgIpc) is 2.09. The van der Waals surface area contributed by atoms with Gasteiger partial charge in [-0.2, -0.15) is 0 Å². The molecule has 1 rings (SSSR count). The molecule has 1 fully saturated rings. The van der Waals surface area contributed by atoms with E-state index in [1.807, 2.05) is 0 Å². The van der Waals surface area contributed by atoms with E-state index < -0.39 is 0 Å². The van der Waals surface area contributed by atoms with Crippen LogP contribution >= 0.6 is 0 Å². The van der Waals surface area contributed by atoms with Gasteiger partial charge in [-0.1, -0.05) is 20.8 Å². The molecule has 4 atom stereocenters. The number of hydrogen-bond donors (Lipinski definition) is 0. The molecule has 2 heteroatoms. The Balaban J connectivity index is 2.37. The molecule has 0 bridgehead atoms. The SMILES string of the molecule is CC1COC(CC(C)C(C)C)C(C)O1. The summed E-state index contributed by atoms with van der Waals surface area (Å²) >= 11 is 0. The van der Waals surface area contributed by atoms with Gasteiger partial charge in [-0.05, 0) is 32.1 Å². The predicted octanol–water partition coefficient (Wildman–Crippen LogP) is 2.86. The van der Waals surface area contributed by atoms with Crippen molar-refractivity contribution >= 4 is 0 Å². The van der Waals surface area contributed by atoms with Crippen molar-refractivity contribution in [2.75, 3.05) is 6.61 Å². The van der Waals surface area contributed by atoms with Crippen molar-refractivity contribution in [3.8, 4) is 0 Å². The van der Waals surface area contributed by atoms with Crippen LogP contribution in [-0.4, -0.2) is 24.9 Å². The second-order valence-electron chi connectivity index (χ2n) is 4.98. The van der Waals surface area contributed by atoms with Gasteiger partial charge in [0.1, 0.15) is 0 Å². The minimum absolute atomic E-state index is 0.250. The van der Waals surface area contributed by atoms with Crippen molar-refractivity contribution in [2.24, 2.45) is 11.8 Å². The molecule has 0 N–H and O–H groups in total. The van der Waals surface area contributed by atoms with Crippen molar-refractivity contribution in [1.82, 2.24) is 0 Å². The van der Waals surface area contributed by atoms with Crippen LogP contribution in [0.3, 0.4) is 0 Å². The molecule has 0 saturated carbocycles. The van der Waals surface area contributed by atoms with Crippen LogP contribution in [0.2, 0.25) is 0 Å². The van der Waals surface area contributed by atoms with Crippen molar-refractivity contribution in [3.63, 3.8) is 0 Å². The van der Waals surface area contributed by atoms with E-state index in [-0.39, 0.29) is 12.2 Å². The Morgan fingerprint density at radius 1 is 1.21 bits per heavy atom. The van der Waals surface area contributed by atoms with E-state index in [4.69, 9.17) is 9.47 Å². The van der Waals surface area contributed by atoms with Crippen LogP contribution in [0.25, 0.3) is 0 Å². The molecule has 0 amide bonds. The molecule has 84 valence electrons. The van der Waals surface area contributed by atoms with Crippen LogP contribution in [0.5, 0.6) is 0 Å². The maximum absolute atomic E-state index is 5.80. The topological polar surface area (TPSA) is 18.5 Å². The maximum atomic E-state index is 5.80. The highest BCUT2D eigenvalue weighted by Gasteiger charge is 2.28. The Bertz CT molecular complexity index is 168. The van der Waals surface area contributed by atoms with Crippen LogP contribution in [0, 0.1) is 11.8 Å². The second-order valence-corrected chi connectivity index (χ2v) is 4.98. The summed E-state index contributed by atoms with van der Waals surface area (Å²) < 4.78 is 11.6. The van der Waals surface area contributed by atoms with E-state index in [2.05, 4.69) is 34.6 Å². The molecule has 0 aromatic rings. The third-order valence-electron chi connectivity index (χ3n) is 3.26. The van der Waals surface area contributed by atoms with E-state index >= 15 is 0 Å². The van der Waals surface area contributed by atoms with Gasteiger partial charge in [0, 0.05) is 0 Å². The van der Waals surface area contributed by atoms with E-state index in [1.54, 1.807) is 0 Å². The zero-order chi connectivity index (χ0) is 10.7. The minimum atomic E-state index is 0.250. The molecule has 0 aromatic carbocycles. The standard InChI is InChI=1S/C12H24O2/c1-8(2)9(3)6-12-11(5)14-10(4)7-13-12/h8-12H,6-7H2,1-5H3. The van der Waals surface area contributed by atoms with E-state index in [0.717, 1.165) is 18.9 Å². The molecule has 2 nitrogen and oxygen atoms in total. The Morgan fingerprint density at radius 2 is 1.86 bits per heavy atom. The summed E-state index contributed by atoms with van der Waals surface area (Å²) in [5.74, 6) is 1.43. The largest absolute Gasteiger partial charge is 0.373 e. The van der Waals surface area contributed by atoms with Gasteiger partial charge in [-0.25, -0.2) is 0 Å². The van der Waals surface area contributed by atoms with Gasteiger partial charge < -0.3 is 9.47 Å². The van der Waals surface area contributed by atoms with Gasteiger partial charge in [0.25, 0.3) is 0 Å². The predicted molar refractivity (Wildman–Crippen MR) is 58.4 cm³/mol. The fourth-order valence-electron chi connectivity index (χ4n) is 1.79. The summed E-state index contributed by atoms with van der Waals surface area (Å²) in [6, 6.07) is 0. The van der Waals surface area contributed by atoms with Crippen molar-refractivity contribution < 1.29 is 9.47 Å². The van der Waals surface area contributed by atoms with Crippen LogP contribution in [0.1, 0.15) is 41.0 Å². The average molecular weight is 200 g/mol. The van der Waals surface area contributed by atoms with Crippen molar-refractivity contribution in [2.45, 2.75) is 59.4 Å². The summed E-state index contributed by atoms with van der Waals surface area (Å²) in [4.78, 5) is 0. The Kier molecular flexibility index (Phi) is 4.39. The lowest BCUT2D eigenvalue weighted by Gasteiger charge is -2.35. The Morgan fingerprint density at radius 3 is 2.36 bits per heavy atom. The van der Waals surface area contributed by atoms with Gasteiger partial charge in [-0.15, -0.1) is 0 Å². The van der Waals surface area contributed by atoms with Crippen molar-refractivity contribution in [1.29, 1.82) is 0 Å². The summed E-state index contributed by atoms with van der Waals surface area (Å²) in [7, 11) is 0. The zero-order valence-corrected chi connectivity index (χ0v) is 10.1. The fourth-order valence-corrected chi connectivity index (χ4v) is 1.79. The number of hydrogen-bond acceptors (Lipinski definition) is 2. The van der Waals surface area contributed by atoms with Crippen LogP contribution in [-0.2, 0) is 9.47 Å². The highest BCUT2D eigenvalue weighted by atomic mass is 16.6. The molecule has 0 radical (unpaired) electrons.